The van der Waals surface area contributed by atoms with Crippen molar-refractivity contribution < 1.29 is 4.79 Å². The van der Waals surface area contributed by atoms with Gasteiger partial charge >= 0.3 is 0 Å². The number of hydrogen-bond donors (Lipinski definition) is 2. The van der Waals surface area contributed by atoms with E-state index in [9.17, 15) is 9.59 Å². The molecule has 3 heterocycles. The molecule has 1 fully saturated rings. The summed E-state index contributed by atoms with van der Waals surface area (Å²) in [5, 5.41) is 11.2. The van der Waals surface area contributed by atoms with Gasteiger partial charge in [0.25, 0.3) is 11.5 Å². The van der Waals surface area contributed by atoms with Crippen molar-refractivity contribution in [2.24, 2.45) is 13.0 Å². The molecule has 1 aliphatic rings. The Hall–Kier alpha value is -2.06. The topological polar surface area (TPSA) is 88.9 Å². The zero-order valence-corrected chi connectivity index (χ0v) is 16.5. The molecule has 0 saturated carbocycles. The molecule has 2 aromatic rings. The van der Waals surface area contributed by atoms with E-state index in [0.717, 1.165) is 37.2 Å². The highest BCUT2D eigenvalue weighted by Gasteiger charge is 2.22. The van der Waals surface area contributed by atoms with E-state index in [1.54, 1.807) is 7.05 Å². The lowest BCUT2D eigenvalue weighted by Gasteiger charge is -2.22. The molecule has 1 amide bonds. The predicted molar refractivity (Wildman–Crippen MR) is 103 cm³/mol. The van der Waals surface area contributed by atoms with Gasteiger partial charge in [-0.1, -0.05) is 0 Å². The molecule has 0 radical (unpaired) electrons. The maximum atomic E-state index is 12.6. The highest BCUT2D eigenvalue weighted by molar-refractivity contribution is 7.17. The van der Waals surface area contributed by atoms with E-state index in [4.69, 9.17) is 0 Å². The molecule has 1 aliphatic heterocycles. The molecule has 3 rings (SSSR count). The first-order chi connectivity index (χ1) is 12.4. The molecule has 0 bridgehead atoms. The summed E-state index contributed by atoms with van der Waals surface area (Å²) in [5.41, 5.74) is 2.58. The monoisotopic (exact) mass is 375 g/mol. The molecule has 0 aromatic carbocycles. The van der Waals surface area contributed by atoms with Crippen LogP contribution in [-0.4, -0.2) is 40.3 Å². The number of rotatable bonds is 4. The summed E-state index contributed by atoms with van der Waals surface area (Å²) in [6.07, 6.45) is 2.28. The summed E-state index contributed by atoms with van der Waals surface area (Å²) in [6, 6.07) is 0. The Morgan fingerprint density at radius 1 is 1.35 bits per heavy atom. The van der Waals surface area contributed by atoms with Crippen molar-refractivity contribution in [3.63, 3.8) is 0 Å². The summed E-state index contributed by atoms with van der Waals surface area (Å²) < 4.78 is 1.32. The molecular formula is C18H25N5O2S. The number of carbonyl (C=O) groups is 1. The number of thiazole rings is 1. The molecule has 2 N–H and O–H groups in total. The highest BCUT2D eigenvalue weighted by Crippen LogP contribution is 2.28. The fraction of sp³-hybridized carbons (Fsp3) is 0.556. The van der Waals surface area contributed by atoms with Crippen LogP contribution in [0.5, 0.6) is 0 Å². The first-order valence-corrected chi connectivity index (χ1v) is 9.71. The number of nitrogens with one attached hydrogen (secondary N) is 2. The molecular weight excluding hydrogens is 350 g/mol. The van der Waals surface area contributed by atoms with Gasteiger partial charge in [0.2, 0.25) is 0 Å². The zero-order valence-electron chi connectivity index (χ0n) is 15.7. The van der Waals surface area contributed by atoms with Gasteiger partial charge in [-0.25, -0.2) is 9.67 Å². The highest BCUT2D eigenvalue weighted by atomic mass is 32.1. The van der Waals surface area contributed by atoms with Crippen LogP contribution in [0.15, 0.2) is 4.79 Å². The standard InChI is InChI=1S/C18H25N5O2S/c1-10-11(2)22-23(4)18(25)14(10)17-21-12(3)15(26-17)16(24)20-9-13-6-5-7-19-8-13/h13,19H,5-9H2,1-4H3,(H,20,24). The van der Waals surface area contributed by atoms with Crippen LogP contribution in [0.4, 0.5) is 0 Å². The van der Waals surface area contributed by atoms with Gasteiger partial charge < -0.3 is 10.6 Å². The molecule has 0 spiro atoms. The van der Waals surface area contributed by atoms with Crippen molar-refractivity contribution in [2.45, 2.75) is 33.6 Å². The number of carbonyl (C=O) groups excluding carboxylic acids is 1. The molecule has 7 nitrogen and oxygen atoms in total. The number of nitrogens with zero attached hydrogens (tertiary/aromatic N) is 3. The summed E-state index contributed by atoms with van der Waals surface area (Å²) in [7, 11) is 1.63. The van der Waals surface area contributed by atoms with Gasteiger partial charge in [-0.05, 0) is 58.2 Å². The van der Waals surface area contributed by atoms with Gasteiger partial charge in [0, 0.05) is 13.6 Å². The largest absolute Gasteiger partial charge is 0.351 e. The molecule has 140 valence electrons. The van der Waals surface area contributed by atoms with Crippen LogP contribution in [0.2, 0.25) is 0 Å². The van der Waals surface area contributed by atoms with Crippen molar-refractivity contribution in [1.29, 1.82) is 0 Å². The lowest BCUT2D eigenvalue weighted by molar-refractivity contribution is 0.0948. The smallest absolute Gasteiger partial charge is 0.277 e. The maximum absolute atomic E-state index is 12.6. The van der Waals surface area contributed by atoms with E-state index in [1.807, 2.05) is 20.8 Å². The number of hydrogen-bond acceptors (Lipinski definition) is 6. The molecule has 26 heavy (non-hydrogen) atoms. The SMILES string of the molecule is Cc1nc(-c2c(C)c(C)nn(C)c2=O)sc1C(=O)NCC1CCCNC1. The van der Waals surface area contributed by atoms with Crippen LogP contribution in [0.3, 0.4) is 0 Å². The average Bonchev–Trinajstić information content (AvgIpc) is 3.00. The predicted octanol–water partition coefficient (Wildman–Crippen LogP) is 1.56. The second-order valence-corrected chi connectivity index (χ2v) is 7.87. The normalized spacial score (nSPS) is 17.3. The third kappa shape index (κ3) is 3.71. The van der Waals surface area contributed by atoms with E-state index in [2.05, 4.69) is 20.7 Å². The minimum Gasteiger partial charge on any atom is -0.351 e. The Balaban J connectivity index is 1.83. The van der Waals surface area contributed by atoms with Gasteiger partial charge in [-0.15, -0.1) is 11.3 Å². The van der Waals surface area contributed by atoms with Crippen LogP contribution < -0.4 is 16.2 Å². The lowest BCUT2D eigenvalue weighted by Crippen LogP contribution is -2.38. The third-order valence-electron chi connectivity index (χ3n) is 4.89. The number of amides is 1. The number of aryl methyl sites for hydroxylation is 3. The third-order valence-corrected chi connectivity index (χ3v) is 6.07. The maximum Gasteiger partial charge on any atom is 0.277 e. The van der Waals surface area contributed by atoms with Crippen LogP contribution >= 0.6 is 11.3 Å². The van der Waals surface area contributed by atoms with Crippen molar-refractivity contribution in [1.82, 2.24) is 25.4 Å². The fourth-order valence-electron chi connectivity index (χ4n) is 3.23. The minimum absolute atomic E-state index is 0.114. The van der Waals surface area contributed by atoms with Crippen LogP contribution in [-0.2, 0) is 7.05 Å². The van der Waals surface area contributed by atoms with Crippen molar-refractivity contribution in [2.75, 3.05) is 19.6 Å². The van der Waals surface area contributed by atoms with Crippen molar-refractivity contribution in [3.05, 3.63) is 32.2 Å². The summed E-state index contributed by atoms with van der Waals surface area (Å²) in [5.74, 6) is 0.356. The van der Waals surface area contributed by atoms with Crippen LogP contribution in [0, 0.1) is 26.7 Å². The lowest BCUT2D eigenvalue weighted by atomic mass is 10.00. The Morgan fingerprint density at radius 2 is 2.12 bits per heavy atom. The second kappa shape index (κ2) is 7.67. The van der Waals surface area contributed by atoms with Crippen LogP contribution in [0.1, 0.15) is 39.5 Å². The molecule has 8 heteroatoms. The molecule has 1 unspecified atom stereocenters. The average molecular weight is 375 g/mol. The minimum atomic E-state index is -0.193. The molecule has 1 atom stereocenters. The number of aromatic nitrogens is 3. The summed E-state index contributed by atoms with van der Waals surface area (Å²) in [4.78, 5) is 30.2. The van der Waals surface area contributed by atoms with Gasteiger partial charge in [0.1, 0.15) is 9.88 Å². The number of piperidine rings is 1. The van der Waals surface area contributed by atoms with Gasteiger partial charge in [0.15, 0.2) is 0 Å². The molecule has 0 aliphatic carbocycles. The molecule has 1 saturated heterocycles. The van der Waals surface area contributed by atoms with Gasteiger partial charge in [-0.2, -0.15) is 5.10 Å². The van der Waals surface area contributed by atoms with Gasteiger partial charge in [0.05, 0.1) is 17.0 Å². The Bertz CT molecular complexity index is 880. The second-order valence-electron chi connectivity index (χ2n) is 6.87. The zero-order chi connectivity index (χ0) is 18.8. The Morgan fingerprint density at radius 3 is 2.81 bits per heavy atom. The Labute approximate surface area is 156 Å². The first-order valence-electron chi connectivity index (χ1n) is 8.89. The Kier molecular flexibility index (Phi) is 5.52. The van der Waals surface area contributed by atoms with E-state index in [1.165, 1.54) is 16.0 Å². The molecule has 2 aromatic heterocycles. The van der Waals surface area contributed by atoms with E-state index in [0.29, 0.717) is 33.6 Å². The van der Waals surface area contributed by atoms with Crippen molar-refractivity contribution in [3.8, 4) is 10.6 Å². The first kappa shape index (κ1) is 18.7. The van der Waals surface area contributed by atoms with E-state index in [-0.39, 0.29) is 11.5 Å². The quantitative estimate of drug-likeness (QED) is 0.847. The van der Waals surface area contributed by atoms with Gasteiger partial charge in [-0.3, -0.25) is 9.59 Å². The summed E-state index contributed by atoms with van der Waals surface area (Å²) in [6.45, 7) is 8.20. The fourth-order valence-corrected chi connectivity index (χ4v) is 4.31. The summed E-state index contributed by atoms with van der Waals surface area (Å²) >= 11 is 1.27. The van der Waals surface area contributed by atoms with E-state index >= 15 is 0 Å². The van der Waals surface area contributed by atoms with Crippen LogP contribution in [0.25, 0.3) is 10.6 Å². The van der Waals surface area contributed by atoms with Crippen molar-refractivity contribution >= 4 is 17.2 Å². The van der Waals surface area contributed by atoms with E-state index < -0.39 is 0 Å².